The van der Waals surface area contributed by atoms with Gasteiger partial charge in [-0.2, -0.15) is 15.0 Å². The third kappa shape index (κ3) is 3.70. The number of likely N-dealkylation sites (N-methyl/N-ethyl adjacent to an activating group) is 1. The molecule has 0 aromatic carbocycles. The van der Waals surface area contributed by atoms with E-state index in [1.54, 1.807) is 18.9 Å². The van der Waals surface area contributed by atoms with Gasteiger partial charge in [-0.1, -0.05) is 0 Å². The van der Waals surface area contributed by atoms with Crippen LogP contribution < -0.4 is 11.1 Å². The summed E-state index contributed by atoms with van der Waals surface area (Å²) in [6.45, 7) is 4.23. The first kappa shape index (κ1) is 13.4. The molecule has 0 fully saturated rings. The highest BCUT2D eigenvalue weighted by atomic mass is 35.5. The van der Waals surface area contributed by atoms with Crippen molar-refractivity contribution in [1.29, 1.82) is 0 Å². The number of nitrogens with one attached hydrogen (secondary N) is 1. The van der Waals surface area contributed by atoms with Gasteiger partial charge in [-0.25, -0.2) is 0 Å². The van der Waals surface area contributed by atoms with Crippen LogP contribution >= 0.6 is 11.6 Å². The second-order valence-corrected chi connectivity index (χ2v) is 3.84. The number of nitrogen functional groups attached to an aromatic ring is 1. The summed E-state index contributed by atoms with van der Waals surface area (Å²) in [7, 11) is 1.72. The molecule has 1 aromatic heterocycles. The molecule has 1 heterocycles. The summed E-state index contributed by atoms with van der Waals surface area (Å²) in [6.07, 6.45) is 0. The summed E-state index contributed by atoms with van der Waals surface area (Å²) in [6, 6.07) is -0.460. The van der Waals surface area contributed by atoms with Gasteiger partial charge >= 0.3 is 0 Å². The Morgan fingerprint density at radius 2 is 2.18 bits per heavy atom. The van der Waals surface area contributed by atoms with Crippen LogP contribution in [-0.2, 0) is 4.79 Å². The van der Waals surface area contributed by atoms with E-state index in [0.717, 1.165) is 0 Å². The van der Waals surface area contributed by atoms with Crippen LogP contribution in [0, 0.1) is 0 Å². The number of nitrogens with zero attached hydrogens (tertiary/aromatic N) is 4. The molecule has 0 saturated heterocycles. The average molecular weight is 259 g/mol. The lowest BCUT2D eigenvalue weighted by Gasteiger charge is -2.20. The van der Waals surface area contributed by atoms with Crippen molar-refractivity contribution in [1.82, 2.24) is 19.9 Å². The van der Waals surface area contributed by atoms with E-state index in [4.69, 9.17) is 17.3 Å². The van der Waals surface area contributed by atoms with Crippen LogP contribution in [0.25, 0.3) is 0 Å². The lowest BCUT2D eigenvalue weighted by atomic mass is 10.3. The lowest BCUT2D eigenvalue weighted by molar-refractivity contribution is -0.130. The van der Waals surface area contributed by atoms with Crippen molar-refractivity contribution in [3.05, 3.63) is 5.28 Å². The first-order valence-corrected chi connectivity index (χ1v) is 5.50. The molecule has 0 aliphatic carbocycles. The second-order valence-electron chi connectivity index (χ2n) is 3.50. The van der Waals surface area contributed by atoms with Gasteiger partial charge in [0.2, 0.25) is 23.1 Å². The van der Waals surface area contributed by atoms with Crippen LogP contribution in [0.5, 0.6) is 0 Å². The fourth-order valence-electron chi connectivity index (χ4n) is 1.17. The maximum absolute atomic E-state index is 11.8. The molecule has 1 atom stereocenters. The Hall–Kier alpha value is -1.63. The summed E-state index contributed by atoms with van der Waals surface area (Å²) >= 11 is 5.63. The number of amides is 1. The number of anilines is 2. The highest BCUT2D eigenvalue weighted by Crippen LogP contribution is 2.08. The number of nitrogens with two attached hydrogens (primary N) is 1. The minimum atomic E-state index is -0.460. The van der Waals surface area contributed by atoms with Crippen LogP contribution in [0.3, 0.4) is 0 Å². The Morgan fingerprint density at radius 1 is 1.53 bits per heavy atom. The Morgan fingerprint density at radius 3 is 2.71 bits per heavy atom. The van der Waals surface area contributed by atoms with E-state index >= 15 is 0 Å². The van der Waals surface area contributed by atoms with Crippen molar-refractivity contribution in [3.8, 4) is 0 Å². The minimum Gasteiger partial charge on any atom is -0.368 e. The highest BCUT2D eigenvalue weighted by Gasteiger charge is 2.17. The van der Waals surface area contributed by atoms with Gasteiger partial charge in [0.25, 0.3) is 0 Å². The van der Waals surface area contributed by atoms with Gasteiger partial charge < -0.3 is 16.0 Å². The fraction of sp³-hybridized carbons (Fsp3) is 0.556. The van der Waals surface area contributed by atoms with Crippen molar-refractivity contribution >= 4 is 29.4 Å². The Labute approximate surface area is 104 Å². The normalized spacial score (nSPS) is 12.0. The van der Waals surface area contributed by atoms with Gasteiger partial charge in [0.05, 0.1) is 0 Å². The Bertz CT molecular complexity index is 392. The van der Waals surface area contributed by atoms with E-state index in [-0.39, 0.29) is 23.1 Å². The largest absolute Gasteiger partial charge is 0.368 e. The zero-order valence-electron chi connectivity index (χ0n) is 9.94. The van der Waals surface area contributed by atoms with Crippen molar-refractivity contribution < 1.29 is 4.79 Å². The molecular formula is C9H15ClN6O. The first-order valence-electron chi connectivity index (χ1n) is 5.12. The molecule has 3 N–H and O–H groups in total. The van der Waals surface area contributed by atoms with E-state index < -0.39 is 6.04 Å². The summed E-state index contributed by atoms with van der Waals surface area (Å²) in [5, 5.41) is 2.81. The van der Waals surface area contributed by atoms with Crippen molar-refractivity contribution in [2.24, 2.45) is 0 Å². The van der Waals surface area contributed by atoms with Gasteiger partial charge in [-0.05, 0) is 25.4 Å². The maximum Gasteiger partial charge on any atom is 0.244 e. The van der Waals surface area contributed by atoms with E-state index in [1.165, 1.54) is 0 Å². The van der Waals surface area contributed by atoms with Gasteiger partial charge in [-0.3, -0.25) is 4.79 Å². The summed E-state index contributed by atoms with van der Waals surface area (Å²) in [4.78, 5) is 24.6. The van der Waals surface area contributed by atoms with E-state index in [9.17, 15) is 4.79 Å². The fourth-order valence-corrected chi connectivity index (χ4v) is 1.34. The third-order valence-corrected chi connectivity index (χ3v) is 2.36. The summed E-state index contributed by atoms with van der Waals surface area (Å²) in [5.41, 5.74) is 5.42. The molecule has 0 saturated carbocycles. The third-order valence-electron chi connectivity index (χ3n) is 2.19. The molecule has 17 heavy (non-hydrogen) atoms. The first-order chi connectivity index (χ1) is 7.93. The zero-order chi connectivity index (χ0) is 13.0. The predicted molar refractivity (Wildman–Crippen MR) is 65.6 cm³/mol. The number of carbonyl (C=O) groups is 1. The van der Waals surface area contributed by atoms with Gasteiger partial charge in [0.15, 0.2) is 0 Å². The van der Waals surface area contributed by atoms with Gasteiger partial charge in [0, 0.05) is 13.6 Å². The van der Waals surface area contributed by atoms with Crippen LogP contribution in [0.15, 0.2) is 0 Å². The van der Waals surface area contributed by atoms with E-state index in [1.807, 2.05) is 6.92 Å². The molecule has 1 rings (SSSR count). The molecule has 0 bridgehead atoms. The maximum atomic E-state index is 11.8. The standard InChI is InChI=1S/C9H15ClN6O/c1-4-16(3)6(17)5(2)12-9-14-7(10)13-8(11)15-9/h5H,4H2,1-3H3,(H3,11,12,13,14,15). The molecule has 1 amide bonds. The predicted octanol–water partition coefficient (Wildman–Crippen LogP) is 0.386. The average Bonchev–Trinajstić information content (AvgIpc) is 2.25. The monoisotopic (exact) mass is 258 g/mol. The number of hydrogen-bond acceptors (Lipinski definition) is 6. The molecule has 0 radical (unpaired) electrons. The highest BCUT2D eigenvalue weighted by molar-refractivity contribution is 6.28. The Balaban J connectivity index is 2.74. The summed E-state index contributed by atoms with van der Waals surface area (Å²) < 4.78 is 0. The second kappa shape index (κ2) is 5.62. The summed E-state index contributed by atoms with van der Waals surface area (Å²) in [5.74, 6) is 0.131. The lowest BCUT2D eigenvalue weighted by Crippen LogP contribution is -2.39. The number of rotatable bonds is 4. The molecule has 8 heteroatoms. The zero-order valence-corrected chi connectivity index (χ0v) is 10.7. The molecule has 1 unspecified atom stereocenters. The van der Waals surface area contributed by atoms with E-state index in [0.29, 0.717) is 6.54 Å². The molecule has 0 aliphatic heterocycles. The van der Waals surface area contributed by atoms with E-state index in [2.05, 4.69) is 20.3 Å². The van der Waals surface area contributed by atoms with Crippen molar-refractivity contribution in [2.75, 3.05) is 24.6 Å². The van der Waals surface area contributed by atoms with Crippen LogP contribution in [0.1, 0.15) is 13.8 Å². The molecule has 0 spiro atoms. The van der Waals surface area contributed by atoms with Crippen molar-refractivity contribution in [2.45, 2.75) is 19.9 Å². The van der Waals surface area contributed by atoms with Crippen LogP contribution in [0.4, 0.5) is 11.9 Å². The smallest absolute Gasteiger partial charge is 0.244 e. The SMILES string of the molecule is CCN(C)C(=O)C(C)Nc1nc(N)nc(Cl)n1. The van der Waals surface area contributed by atoms with Gasteiger partial charge in [0.1, 0.15) is 6.04 Å². The van der Waals surface area contributed by atoms with Crippen molar-refractivity contribution in [3.63, 3.8) is 0 Å². The topological polar surface area (TPSA) is 97.0 Å². The van der Waals surface area contributed by atoms with Gasteiger partial charge in [-0.15, -0.1) is 0 Å². The molecule has 7 nitrogen and oxygen atoms in total. The molecule has 0 aliphatic rings. The quantitative estimate of drug-likeness (QED) is 0.811. The van der Waals surface area contributed by atoms with Crippen LogP contribution in [-0.4, -0.2) is 45.4 Å². The number of carbonyl (C=O) groups excluding carboxylic acids is 1. The van der Waals surface area contributed by atoms with Crippen LogP contribution in [0.2, 0.25) is 5.28 Å². The Kier molecular flexibility index (Phi) is 4.45. The molecule has 1 aromatic rings. The minimum absolute atomic E-state index is 0.0102. The number of aromatic nitrogens is 3. The number of hydrogen-bond donors (Lipinski definition) is 2. The number of halogens is 1. The molecule has 94 valence electrons. The molecular weight excluding hydrogens is 244 g/mol.